The molecule has 1 unspecified atom stereocenters. The SMILES string of the molecule is CCCSCC(Cc1ccc(F)cc1Cl)NC. The molecule has 1 atom stereocenters. The van der Waals surface area contributed by atoms with E-state index in [0.717, 1.165) is 17.7 Å². The van der Waals surface area contributed by atoms with E-state index >= 15 is 0 Å². The second kappa shape index (κ2) is 7.96. The molecule has 0 spiro atoms. The van der Waals surface area contributed by atoms with E-state index < -0.39 is 0 Å². The van der Waals surface area contributed by atoms with Gasteiger partial charge in [0, 0.05) is 16.8 Å². The molecule has 4 heteroatoms. The van der Waals surface area contributed by atoms with Crippen LogP contribution in [0.3, 0.4) is 0 Å². The van der Waals surface area contributed by atoms with Crippen LogP contribution in [0.4, 0.5) is 4.39 Å². The second-order valence-corrected chi connectivity index (χ2v) is 5.56. The highest BCUT2D eigenvalue weighted by Crippen LogP contribution is 2.19. The van der Waals surface area contributed by atoms with Gasteiger partial charge in [-0.25, -0.2) is 4.39 Å². The smallest absolute Gasteiger partial charge is 0.124 e. The second-order valence-electron chi connectivity index (χ2n) is 4.00. The third kappa shape index (κ3) is 5.28. The van der Waals surface area contributed by atoms with Crippen molar-refractivity contribution in [1.82, 2.24) is 5.32 Å². The molecular weight excluding hydrogens is 257 g/mol. The fourth-order valence-electron chi connectivity index (χ4n) is 1.57. The Bertz CT molecular complexity index is 346. The maximum Gasteiger partial charge on any atom is 0.124 e. The molecule has 0 saturated heterocycles. The van der Waals surface area contributed by atoms with E-state index in [0.29, 0.717) is 11.1 Å². The van der Waals surface area contributed by atoms with E-state index in [2.05, 4.69) is 12.2 Å². The Balaban J connectivity index is 2.54. The molecule has 0 aromatic heterocycles. The molecule has 0 radical (unpaired) electrons. The van der Waals surface area contributed by atoms with E-state index in [4.69, 9.17) is 11.6 Å². The zero-order chi connectivity index (χ0) is 12.7. The van der Waals surface area contributed by atoms with Crippen LogP contribution in [0.15, 0.2) is 18.2 Å². The number of hydrogen-bond acceptors (Lipinski definition) is 2. The number of rotatable bonds is 7. The summed E-state index contributed by atoms with van der Waals surface area (Å²) in [4.78, 5) is 0. The highest BCUT2D eigenvalue weighted by molar-refractivity contribution is 7.99. The Hall–Kier alpha value is -0.250. The van der Waals surface area contributed by atoms with Crippen LogP contribution in [0, 0.1) is 5.82 Å². The van der Waals surface area contributed by atoms with Gasteiger partial charge in [-0.05, 0) is 43.3 Å². The lowest BCUT2D eigenvalue weighted by Gasteiger charge is -2.16. The van der Waals surface area contributed by atoms with Gasteiger partial charge in [0.25, 0.3) is 0 Å². The standard InChI is InChI=1S/C13H19ClFNS/c1-3-6-17-9-12(16-2)7-10-4-5-11(15)8-13(10)14/h4-5,8,12,16H,3,6-7,9H2,1-2H3. The van der Waals surface area contributed by atoms with Crippen molar-refractivity contribution in [1.29, 1.82) is 0 Å². The summed E-state index contributed by atoms with van der Waals surface area (Å²) in [7, 11) is 1.95. The molecule has 0 bridgehead atoms. The van der Waals surface area contributed by atoms with Crippen molar-refractivity contribution in [3.8, 4) is 0 Å². The molecule has 17 heavy (non-hydrogen) atoms. The third-order valence-electron chi connectivity index (χ3n) is 2.56. The van der Waals surface area contributed by atoms with Crippen LogP contribution in [0.1, 0.15) is 18.9 Å². The summed E-state index contributed by atoms with van der Waals surface area (Å²) in [5.41, 5.74) is 1.00. The van der Waals surface area contributed by atoms with Crippen LogP contribution in [0.2, 0.25) is 5.02 Å². The minimum absolute atomic E-state index is 0.278. The average molecular weight is 276 g/mol. The molecule has 1 aromatic rings. The summed E-state index contributed by atoms with van der Waals surface area (Å²) >= 11 is 7.95. The van der Waals surface area contributed by atoms with Crippen molar-refractivity contribution in [2.75, 3.05) is 18.6 Å². The van der Waals surface area contributed by atoms with Crippen molar-refractivity contribution >= 4 is 23.4 Å². The fraction of sp³-hybridized carbons (Fsp3) is 0.538. The van der Waals surface area contributed by atoms with E-state index in [1.165, 1.54) is 24.3 Å². The number of benzene rings is 1. The van der Waals surface area contributed by atoms with Gasteiger partial charge < -0.3 is 5.32 Å². The van der Waals surface area contributed by atoms with Crippen molar-refractivity contribution in [3.63, 3.8) is 0 Å². The monoisotopic (exact) mass is 275 g/mol. The minimum atomic E-state index is -0.278. The highest BCUT2D eigenvalue weighted by Gasteiger charge is 2.10. The van der Waals surface area contributed by atoms with E-state index in [-0.39, 0.29) is 5.82 Å². The number of halogens is 2. The van der Waals surface area contributed by atoms with Crippen LogP contribution < -0.4 is 5.32 Å². The molecule has 1 N–H and O–H groups in total. The van der Waals surface area contributed by atoms with Gasteiger partial charge in [-0.15, -0.1) is 0 Å². The first-order valence-electron chi connectivity index (χ1n) is 5.86. The fourth-order valence-corrected chi connectivity index (χ4v) is 2.84. The van der Waals surface area contributed by atoms with E-state index in [1.807, 2.05) is 18.8 Å². The molecule has 0 amide bonds. The van der Waals surface area contributed by atoms with Crippen molar-refractivity contribution in [2.24, 2.45) is 0 Å². The van der Waals surface area contributed by atoms with Gasteiger partial charge in [0.05, 0.1) is 0 Å². The van der Waals surface area contributed by atoms with Gasteiger partial charge in [0.1, 0.15) is 5.82 Å². The Morgan fingerprint density at radius 3 is 2.82 bits per heavy atom. The molecule has 0 aliphatic rings. The molecule has 96 valence electrons. The summed E-state index contributed by atoms with van der Waals surface area (Å²) in [6, 6.07) is 5.00. The summed E-state index contributed by atoms with van der Waals surface area (Å²) in [6.45, 7) is 2.18. The normalized spacial score (nSPS) is 12.7. The zero-order valence-electron chi connectivity index (χ0n) is 10.3. The van der Waals surface area contributed by atoms with Crippen LogP contribution in [0.5, 0.6) is 0 Å². The number of likely N-dealkylation sites (N-methyl/N-ethyl adjacent to an activating group) is 1. The molecule has 0 saturated carbocycles. The summed E-state index contributed by atoms with van der Waals surface area (Å²) < 4.78 is 12.9. The maximum atomic E-state index is 12.9. The molecule has 1 aromatic carbocycles. The lowest BCUT2D eigenvalue weighted by atomic mass is 10.1. The molecule has 0 aliphatic carbocycles. The quantitative estimate of drug-likeness (QED) is 0.761. The van der Waals surface area contributed by atoms with Gasteiger partial charge >= 0.3 is 0 Å². The third-order valence-corrected chi connectivity index (χ3v) is 4.24. The van der Waals surface area contributed by atoms with Gasteiger partial charge in [-0.1, -0.05) is 24.6 Å². The average Bonchev–Trinajstić information content (AvgIpc) is 2.31. The Kier molecular flexibility index (Phi) is 6.93. The van der Waals surface area contributed by atoms with Crippen LogP contribution in [0.25, 0.3) is 0 Å². The summed E-state index contributed by atoms with van der Waals surface area (Å²) in [5, 5.41) is 3.80. The molecule has 0 fully saturated rings. The summed E-state index contributed by atoms with van der Waals surface area (Å²) in [6.07, 6.45) is 2.03. The van der Waals surface area contributed by atoms with Crippen LogP contribution in [-0.2, 0) is 6.42 Å². The molecular formula is C13H19ClFNS. The van der Waals surface area contributed by atoms with E-state index in [1.54, 1.807) is 6.07 Å². The van der Waals surface area contributed by atoms with Crippen molar-refractivity contribution in [3.05, 3.63) is 34.6 Å². The van der Waals surface area contributed by atoms with Crippen LogP contribution in [-0.4, -0.2) is 24.6 Å². The Morgan fingerprint density at radius 2 is 2.24 bits per heavy atom. The molecule has 0 aliphatic heterocycles. The number of hydrogen-bond donors (Lipinski definition) is 1. The van der Waals surface area contributed by atoms with E-state index in [9.17, 15) is 4.39 Å². The lowest BCUT2D eigenvalue weighted by Crippen LogP contribution is -2.30. The predicted molar refractivity (Wildman–Crippen MR) is 75.6 cm³/mol. The summed E-state index contributed by atoms with van der Waals surface area (Å²) in [5.74, 6) is 1.95. The minimum Gasteiger partial charge on any atom is -0.316 e. The van der Waals surface area contributed by atoms with Crippen LogP contribution >= 0.6 is 23.4 Å². The first-order valence-corrected chi connectivity index (χ1v) is 7.39. The zero-order valence-corrected chi connectivity index (χ0v) is 11.9. The maximum absolute atomic E-state index is 12.9. The van der Waals surface area contributed by atoms with Gasteiger partial charge in [0.2, 0.25) is 0 Å². The Morgan fingerprint density at radius 1 is 1.47 bits per heavy atom. The van der Waals surface area contributed by atoms with Gasteiger partial charge in [-0.2, -0.15) is 11.8 Å². The Labute approximate surface area is 112 Å². The number of nitrogens with one attached hydrogen (secondary N) is 1. The topological polar surface area (TPSA) is 12.0 Å². The lowest BCUT2D eigenvalue weighted by molar-refractivity contribution is 0.609. The largest absolute Gasteiger partial charge is 0.316 e. The predicted octanol–water partition coefficient (Wildman–Crippen LogP) is 3.75. The van der Waals surface area contributed by atoms with Gasteiger partial charge in [0.15, 0.2) is 0 Å². The molecule has 0 heterocycles. The first-order chi connectivity index (χ1) is 8.17. The number of thioether (sulfide) groups is 1. The van der Waals surface area contributed by atoms with Crippen molar-refractivity contribution in [2.45, 2.75) is 25.8 Å². The first kappa shape index (κ1) is 14.8. The van der Waals surface area contributed by atoms with Crippen molar-refractivity contribution < 1.29 is 4.39 Å². The highest BCUT2D eigenvalue weighted by atomic mass is 35.5. The van der Waals surface area contributed by atoms with Gasteiger partial charge in [-0.3, -0.25) is 0 Å². The molecule has 1 nitrogen and oxygen atoms in total. The molecule has 1 rings (SSSR count).